The maximum Gasteiger partial charge on any atom is 0.268 e. The van der Waals surface area contributed by atoms with Crippen molar-refractivity contribution in [2.45, 2.75) is 11.3 Å². The van der Waals surface area contributed by atoms with Crippen LogP contribution in [0.2, 0.25) is 0 Å². The maximum atomic E-state index is 12.7. The number of rotatable bonds is 4. The monoisotopic (exact) mass is 410 g/mol. The Kier molecular flexibility index (Phi) is 4.69. The van der Waals surface area contributed by atoms with Gasteiger partial charge in [-0.2, -0.15) is 0 Å². The average Bonchev–Trinajstić information content (AvgIpc) is 2.99. The van der Waals surface area contributed by atoms with Gasteiger partial charge in [0, 0.05) is 23.0 Å². The summed E-state index contributed by atoms with van der Waals surface area (Å²) in [6.45, 7) is 0.284. The molecule has 2 amide bonds. The molecule has 0 fully saturated rings. The normalized spacial score (nSPS) is 14.0. The van der Waals surface area contributed by atoms with Crippen LogP contribution in [-0.2, 0) is 14.8 Å². The van der Waals surface area contributed by atoms with Gasteiger partial charge in [0.1, 0.15) is 10.6 Å². The van der Waals surface area contributed by atoms with E-state index in [2.05, 4.69) is 15.6 Å². The van der Waals surface area contributed by atoms with Crippen molar-refractivity contribution >= 4 is 44.0 Å². The van der Waals surface area contributed by atoms with Crippen LogP contribution in [0.3, 0.4) is 0 Å². The quantitative estimate of drug-likeness (QED) is 0.523. The molecule has 1 aromatic heterocycles. The summed E-state index contributed by atoms with van der Waals surface area (Å²) < 4.78 is 23.5. The van der Waals surface area contributed by atoms with Crippen molar-refractivity contribution in [2.75, 3.05) is 11.9 Å². The number of nitrogens with two attached hydrogens (primary N) is 1. The molecule has 0 spiro atoms. The third-order valence-corrected chi connectivity index (χ3v) is 5.65. The molecule has 29 heavy (non-hydrogen) atoms. The summed E-state index contributed by atoms with van der Waals surface area (Å²) in [7, 11) is -3.98. The number of aromatic amines is 1. The first kappa shape index (κ1) is 18.9. The van der Waals surface area contributed by atoms with Gasteiger partial charge in [-0.25, -0.2) is 13.6 Å². The Bertz CT molecular complexity index is 1270. The van der Waals surface area contributed by atoms with Crippen LogP contribution in [0.1, 0.15) is 22.5 Å². The molecule has 0 saturated carbocycles. The van der Waals surface area contributed by atoms with Crippen LogP contribution >= 0.6 is 0 Å². The number of benzene rings is 2. The fourth-order valence-electron chi connectivity index (χ4n) is 3.45. The second-order valence-corrected chi connectivity index (χ2v) is 8.16. The highest BCUT2D eigenvalue weighted by Gasteiger charge is 2.24. The molecule has 0 radical (unpaired) electrons. The SMILES string of the molecule is NS(=O)(=O)c1ccccc1NC(=O)CC1=CCNC(=O)c2[nH]c3ccccc3c21. The van der Waals surface area contributed by atoms with Crippen molar-refractivity contribution in [3.05, 3.63) is 65.9 Å². The summed E-state index contributed by atoms with van der Waals surface area (Å²) >= 11 is 0. The Hall–Kier alpha value is -3.43. The molecular formula is C20H18N4O4S. The third-order valence-electron chi connectivity index (χ3n) is 4.68. The lowest BCUT2D eigenvalue weighted by Crippen LogP contribution is -2.22. The van der Waals surface area contributed by atoms with Gasteiger partial charge in [0.05, 0.1) is 12.1 Å². The number of amides is 2. The molecule has 2 aromatic carbocycles. The molecule has 8 nitrogen and oxygen atoms in total. The fraction of sp³-hybridized carbons (Fsp3) is 0.100. The Morgan fingerprint density at radius 3 is 2.62 bits per heavy atom. The predicted octanol–water partition coefficient (Wildman–Crippen LogP) is 1.97. The highest BCUT2D eigenvalue weighted by Crippen LogP contribution is 2.32. The summed E-state index contributed by atoms with van der Waals surface area (Å²) in [5.41, 5.74) is 2.64. The Labute approximate surface area is 166 Å². The summed E-state index contributed by atoms with van der Waals surface area (Å²) in [6.07, 6.45) is 1.75. The third kappa shape index (κ3) is 3.65. The smallest absolute Gasteiger partial charge is 0.268 e. The standard InChI is InChI=1S/C20H18N4O4S/c21-29(27,28)16-8-4-3-7-15(16)23-17(25)11-12-9-10-22-20(26)19-18(12)13-5-1-2-6-14(13)24-19/h1-9,24H,10-11H2,(H,22,26)(H,23,25)(H2,21,27,28). The van der Waals surface area contributed by atoms with E-state index in [1.54, 1.807) is 12.1 Å². The van der Waals surface area contributed by atoms with Crippen molar-refractivity contribution in [3.63, 3.8) is 0 Å². The molecule has 3 aromatic rings. The Morgan fingerprint density at radius 2 is 1.83 bits per heavy atom. The number of aromatic nitrogens is 1. The number of fused-ring (bicyclic) bond motifs is 3. The molecule has 9 heteroatoms. The van der Waals surface area contributed by atoms with Gasteiger partial charge in [0.2, 0.25) is 15.9 Å². The van der Waals surface area contributed by atoms with Gasteiger partial charge in [-0.05, 0) is 23.8 Å². The van der Waals surface area contributed by atoms with Crippen LogP contribution in [0, 0.1) is 0 Å². The zero-order chi connectivity index (χ0) is 20.6. The molecular weight excluding hydrogens is 392 g/mol. The molecule has 0 aliphatic carbocycles. The minimum atomic E-state index is -3.98. The molecule has 0 unspecified atom stereocenters. The minimum Gasteiger partial charge on any atom is -0.350 e. The Morgan fingerprint density at radius 1 is 1.10 bits per heavy atom. The van der Waals surface area contributed by atoms with Crippen molar-refractivity contribution < 1.29 is 18.0 Å². The van der Waals surface area contributed by atoms with E-state index in [0.29, 0.717) is 16.8 Å². The number of hydrogen-bond acceptors (Lipinski definition) is 4. The lowest BCUT2D eigenvalue weighted by molar-refractivity contribution is -0.115. The molecule has 2 heterocycles. The van der Waals surface area contributed by atoms with Crippen molar-refractivity contribution in [1.29, 1.82) is 0 Å². The van der Waals surface area contributed by atoms with Crippen LogP contribution < -0.4 is 15.8 Å². The first-order valence-electron chi connectivity index (χ1n) is 8.84. The minimum absolute atomic E-state index is 0.0389. The number of hydrogen-bond donors (Lipinski definition) is 4. The van der Waals surface area contributed by atoms with Crippen LogP contribution in [0.25, 0.3) is 16.5 Å². The van der Waals surface area contributed by atoms with E-state index >= 15 is 0 Å². The second-order valence-electron chi connectivity index (χ2n) is 6.63. The van der Waals surface area contributed by atoms with Crippen LogP contribution in [-0.4, -0.2) is 31.8 Å². The number of carbonyl (C=O) groups is 2. The average molecular weight is 410 g/mol. The number of primary sulfonamides is 1. The van der Waals surface area contributed by atoms with Gasteiger partial charge in [-0.1, -0.05) is 36.4 Å². The van der Waals surface area contributed by atoms with E-state index in [-0.39, 0.29) is 29.5 Å². The molecule has 0 saturated heterocycles. The number of anilines is 1. The van der Waals surface area contributed by atoms with Gasteiger partial charge in [0.25, 0.3) is 5.91 Å². The molecule has 1 aliphatic rings. The second kappa shape index (κ2) is 7.19. The largest absolute Gasteiger partial charge is 0.350 e. The van der Waals surface area contributed by atoms with Crippen molar-refractivity contribution in [1.82, 2.24) is 10.3 Å². The Balaban J connectivity index is 1.68. The van der Waals surface area contributed by atoms with Gasteiger partial charge in [0.15, 0.2) is 0 Å². The molecule has 1 aliphatic heterocycles. The van der Waals surface area contributed by atoms with Gasteiger partial charge in [-0.3, -0.25) is 9.59 Å². The zero-order valence-electron chi connectivity index (χ0n) is 15.2. The van der Waals surface area contributed by atoms with E-state index in [4.69, 9.17) is 5.14 Å². The first-order chi connectivity index (χ1) is 13.8. The van der Waals surface area contributed by atoms with E-state index < -0.39 is 15.9 Å². The predicted molar refractivity (Wildman–Crippen MR) is 110 cm³/mol. The van der Waals surface area contributed by atoms with E-state index in [1.807, 2.05) is 24.3 Å². The molecule has 148 valence electrons. The highest BCUT2D eigenvalue weighted by atomic mass is 32.2. The number of H-pyrrole nitrogens is 1. The summed E-state index contributed by atoms with van der Waals surface area (Å²) in [6, 6.07) is 13.4. The van der Waals surface area contributed by atoms with Crippen LogP contribution in [0.4, 0.5) is 5.69 Å². The van der Waals surface area contributed by atoms with Gasteiger partial charge >= 0.3 is 0 Å². The molecule has 0 bridgehead atoms. The molecule has 4 rings (SSSR count). The number of para-hydroxylation sites is 2. The van der Waals surface area contributed by atoms with Gasteiger partial charge < -0.3 is 15.6 Å². The van der Waals surface area contributed by atoms with E-state index in [1.165, 1.54) is 18.2 Å². The lowest BCUT2D eigenvalue weighted by atomic mass is 9.98. The summed E-state index contributed by atoms with van der Waals surface area (Å²) in [5, 5.41) is 11.4. The van der Waals surface area contributed by atoms with Gasteiger partial charge in [-0.15, -0.1) is 0 Å². The number of nitrogens with one attached hydrogen (secondary N) is 3. The first-order valence-corrected chi connectivity index (χ1v) is 10.4. The van der Waals surface area contributed by atoms with Crippen molar-refractivity contribution in [3.8, 4) is 0 Å². The molecule has 5 N–H and O–H groups in total. The van der Waals surface area contributed by atoms with E-state index in [9.17, 15) is 18.0 Å². The fourth-order valence-corrected chi connectivity index (χ4v) is 4.14. The van der Waals surface area contributed by atoms with Crippen LogP contribution in [0.5, 0.6) is 0 Å². The highest BCUT2D eigenvalue weighted by molar-refractivity contribution is 7.89. The number of sulfonamides is 1. The molecule has 0 atom stereocenters. The number of carbonyl (C=O) groups excluding carboxylic acids is 2. The van der Waals surface area contributed by atoms with E-state index in [0.717, 1.165) is 10.9 Å². The zero-order valence-corrected chi connectivity index (χ0v) is 16.0. The maximum absolute atomic E-state index is 12.7. The van der Waals surface area contributed by atoms with Crippen molar-refractivity contribution in [2.24, 2.45) is 5.14 Å². The topological polar surface area (TPSA) is 134 Å². The summed E-state index contributed by atoms with van der Waals surface area (Å²) in [4.78, 5) is 28.1. The summed E-state index contributed by atoms with van der Waals surface area (Å²) in [5.74, 6) is -0.666. The van der Waals surface area contributed by atoms with Crippen LogP contribution in [0.15, 0.2) is 59.5 Å². The lowest BCUT2D eigenvalue weighted by Gasteiger charge is -2.11.